The summed E-state index contributed by atoms with van der Waals surface area (Å²) in [6, 6.07) is 0.555. The van der Waals surface area contributed by atoms with Crippen molar-refractivity contribution in [2.24, 2.45) is 7.05 Å². The maximum absolute atomic E-state index is 4.27. The third-order valence-electron chi connectivity index (χ3n) is 2.14. The first-order valence-corrected chi connectivity index (χ1v) is 4.23. The summed E-state index contributed by atoms with van der Waals surface area (Å²) in [6.45, 7) is 2.20. The van der Waals surface area contributed by atoms with Gasteiger partial charge in [-0.1, -0.05) is 0 Å². The molecule has 68 valence electrons. The molecule has 0 aliphatic rings. The summed E-state index contributed by atoms with van der Waals surface area (Å²) >= 11 is 0. The van der Waals surface area contributed by atoms with Gasteiger partial charge in [0, 0.05) is 25.7 Å². The zero-order chi connectivity index (χ0) is 9.14. The fraction of sp³-hybridized carbons (Fsp3) is 0.667. The molecule has 0 aromatic carbocycles. The third-order valence-corrected chi connectivity index (χ3v) is 2.14. The molecule has 1 atom stereocenters. The lowest BCUT2D eigenvalue weighted by Crippen LogP contribution is -2.26. The molecule has 0 bridgehead atoms. The molecule has 0 saturated carbocycles. The highest BCUT2D eigenvalue weighted by Crippen LogP contribution is 2.02. The van der Waals surface area contributed by atoms with Gasteiger partial charge in [-0.3, -0.25) is 0 Å². The number of rotatable bonds is 3. The molecule has 1 heterocycles. The lowest BCUT2D eigenvalue weighted by molar-refractivity contribution is 0.311. The summed E-state index contributed by atoms with van der Waals surface area (Å²) in [6.07, 6.45) is 4.94. The van der Waals surface area contributed by atoms with Crippen LogP contribution in [0.25, 0.3) is 0 Å². The molecule has 3 heteroatoms. The molecule has 1 aromatic heterocycles. The first-order valence-electron chi connectivity index (χ1n) is 4.23. The fourth-order valence-corrected chi connectivity index (χ4v) is 1.06. The Kier molecular flexibility index (Phi) is 2.87. The molecular weight excluding hydrogens is 150 g/mol. The first-order chi connectivity index (χ1) is 5.59. The molecule has 1 aromatic rings. The topological polar surface area (TPSA) is 21.1 Å². The van der Waals surface area contributed by atoms with Crippen molar-refractivity contribution in [3.63, 3.8) is 0 Å². The number of hydrogen-bond donors (Lipinski definition) is 0. The summed E-state index contributed by atoms with van der Waals surface area (Å²) in [5, 5.41) is 0. The molecule has 0 radical (unpaired) electrons. The Hall–Kier alpha value is -0.830. The Labute approximate surface area is 74.0 Å². The maximum atomic E-state index is 4.27. The van der Waals surface area contributed by atoms with Crippen molar-refractivity contribution < 1.29 is 0 Å². The number of imidazole rings is 1. The summed E-state index contributed by atoms with van der Waals surface area (Å²) in [5.74, 6) is 0. The van der Waals surface area contributed by atoms with Crippen LogP contribution < -0.4 is 0 Å². The second kappa shape index (κ2) is 3.72. The second-order valence-corrected chi connectivity index (χ2v) is 3.55. The number of aromatic nitrogens is 2. The summed E-state index contributed by atoms with van der Waals surface area (Å²) in [5.41, 5.74) is 1.17. The van der Waals surface area contributed by atoms with E-state index in [2.05, 4.69) is 37.1 Å². The van der Waals surface area contributed by atoms with Gasteiger partial charge in [-0.15, -0.1) is 0 Å². The Morgan fingerprint density at radius 1 is 1.58 bits per heavy atom. The van der Waals surface area contributed by atoms with E-state index < -0.39 is 0 Å². The molecule has 0 spiro atoms. The first kappa shape index (κ1) is 9.26. The summed E-state index contributed by atoms with van der Waals surface area (Å²) in [4.78, 5) is 6.48. The number of hydrogen-bond acceptors (Lipinski definition) is 2. The van der Waals surface area contributed by atoms with E-state index in [1.165, 1.54) is 5.69 Å². The molecule has 12 heavy (non-hydrogen) atoms. The van der Waals surface area contributed by atoms with Gasteiger partial charge in [-0.05, 0) is 21.0 Å². The van der Waals surface area contributed by atoms with E-state index in [0.29, 0.717) is 6.04 Å². The van der Waals surface area contributed by atoms with Gasteiger partial charge in [0.05, 0.1) is 12.0 Å². The molecule has 0 fully saturated rings. The van der Waals surface area contributed by atoms with Gasteiger partial charge in [-0.25, -0.2) is 4.98 Å². The van der Waals surface area contributed by atoms with Crippen molar-refractivity contribution in [2.75, 3.05) is 14.1 Å². The molecule has 0 saturated heterocycles. The van der Waals surface area contributed by atoms with Crippen LogP contribution in [0.3, 0.4) is 0 Å². The van der Waals surface area contributed by atoms with Gasteiger partial charge in [0.25, 0.3) is 0 Å². The number of nitrogens with zero attached hydrogens (tertiary/aromatic N) is 3. The van der Waals surface area contributed by atoms with Crippen molar-refractivity contribution in [1.82, 2.24) is 14.5 Å². The van der Waals surface area contributed by atoms with Crippen molar-refractivity contribution in [2.45, 2.75) is 19.4 Å². The fourth-order valence-electron chi connectivity index (χ4n) is 1.06. The van der Waals surface area contributed by atoms with Crippen LogP contribution in [0.15, 0.2) is 12.5 Å². The van der Waals surface area contributed by atoms with E-state index in [1.807, 2.05) is 17.9 Å². The molecule has 0 aliphatic heterocycles. The molecule has 0 amide bonds. The minimum atomic E-state index is 0.555. The van der Waals surface area contributed by atoms with Crippen LogP contribution in [0.2, 0.25) is 0 Å². The summed E-state index contributed by atoms with van der Waals surface area (Å²) < 4.78 is 1.98. The van der Waals surface area contributed by atoms with Gasteiger partial charge < -0.3 is 9.47 Å². The maximum Gasteiger partial charge on any atom is 0.0946 e. The van der Waals surface area contributed by atoms with E-state index in [1.54, 1.807) is 0 Å². The predicted octanol–water partition coefficient (Wildman–Crippen LogP) is 0.913. The highest BCUT2D eigenvalue weighted by atomic mass is 15.1. The van der Waals surface area contributed by atoms with Crippen molar-refractivity contribution >= 4 is 0 Å². The highest BCUT2D eigenvalue weighted by molar-refractivity contribution is 4.98. The van der Waals surface area contributed by atoms with Gasteiger partial charge in [-0.2, -0.15) is 0 Å². The standard InChI is InChI=1S/C9H17N3/c1-8(11(2)3)5-9-6-12(4)7-10-9/h6-8H,5H2,1-4H3/t8-/m1/s1. The van der Waals surface area contributed by atoms with Crippen molar-refractivity contribution in [3.8, 4) is 0 Å². The van der Waals surface area contributed by atoms with E-state index in [0.717, 1.165) is 6.42 Å². The van der Waals surface area contributed by atoms with Crippen LogP contribution >= 0.6 is 0 Å². The lowest BCUT2D eigenvalue weighted by atomic mass is 10.2. The van der Waals surface area contributed by atoms with E-state index in [4.69, 9.17) is 0 Å². The molecule has 3 nitrogen and oxygen atoms in total. The van der Waals surface area contributed by atoms with Gasteiger partial charge >= 0.3 is 0 Å². The quantitative estimate of drug-likeness (QED) is 0.667. The molecule has 0 N–H and O–H groups in total. The minimum Gasteiger partial charge on any atom is -0.340 e. The molecule has 0 unspecified atom stereocenters. The Bertz CT molecular complexity index is 240. The normalized spacial score (nSPS) is 13.8. The zero-order valence-electron chi connectivity index (χ0n) is 8.28. The third kappa shape index (κ3) is 2.34. The monoisotopic (exact) mass is 167 g/mol. The minimum absolute atomic E-state index is 0.555. The van der Waals surface area contributed by atoms with Gasteiger partial charge in [0.1, 0.15) is 0 Å². The number of likely N-dealkylation sites (N-methyl/N-ethyl adjacent to an activating group) is 1. The Balaban J connectivity index is 2.52. The Morgan fingerprint density at radius 3 is 2.67 bits per heavy atom. The average Bonchev–Trinajstić information content (AvgIpc) is 2.35. The number of aryl methyl sites for hydroxylation is 1. The van der Waals surface area contributed by atoms with Crippen molar-refractivity contribution in [3.05, 3.63) is 18.2 Å². The Morgan fingerprint density at radius 2 is 2.25 bits per heavy atom. The van der Waals surface area contributed by atoms with Crippen molar-refractivity contribution in [1.29, 1.82) is 0 Å². The predicted molar refractivity (Wildman–Crippen MR) is 50.1 cm³/mol. The van der Waals surface area contributed by atoms with Crippen LogP contribution in [-0.4, -0.2) is 34.6 Å². The van der Waals surface area contributed by atoms with Crippen LogP contribution in [0.5, 0.6) is 0 Å². The SMILES string of the molecule is C[C@H](Cc1cn(C)cn1)N(C)C. The van der Waals surface area contributed by atoms with E-state index in [-0.39, 0.29) is 0 Å². The smallest absolute Gasteiger partial charge is 0.0946 e. The largest absolute Gasteiger partial charge is 0.340 e. The van der Waals surface area contributed by atoms with Crippen LogP contribution in [0.1, 0.15) is 12.6 Å². The molecule has 0 aliphatic carbocycles. The zero-order valence-corrected chi connectivity index (χ0v) is 8.28. The molecule has 1 rings (SSSR count). The van der Waals surface area contributed by atoms with Crippen LogP contribution in [-0.2, 0) is 13.5 Å². The van der Waals surface area contributed by atoms with E-state index >= 15 is 0 Å². The van der Waals surface area contributed by atoms with Crippen LogP contribution in [0, 0.1) is 0 Å². The highest BCUT2D eigenvalue weighted by Gasteiger charge is 2.06. The molecular formula is C9H17N3. The van der Waals surface area contributed by atoms with Gasteiger partial charge in [0.2, 0.25) is 0 Å². The van der Waals surface area contributed by atoms with Crippen LogP contribution in [0.4, 0.5) is 0 Å². The second-order valence-electron chi connectivity index (χ2n) is 3.55. The lowest BCUT2D eigenvalue weighted by Gasteiger charge is -2.18. The van der Waals surface area contributed by atoms with E-state index in [9.17, 15) is 0 Å². The van der Waals surface area contributed by atoms with Gasteiger partial charge in [0.15, 0.2) is 0 Å². The summed E-state index contributed by atoms with van der Waals surface area (Å²) in [7, 11) is 6.18. The average molecular weight is 167 g/mol.